The summed E-state index contributed by atoms with van der Waals surface area (Å²) in [4.78, 5) is 11.8. The molecule has 3 rings (SSSR count). The number of anilines is 2. The van der Waals surface area contributed by atoms with Gasteiger partial charge in [-0.1, -0.05) is 40.6 Å². The molecule has 2 atom stereocenters. The van der Waals surface area contributed by atoms with Gasteiger partial charge in [-0.25, -0.2) is 0 Å². The van der Waals surface area contributed by atoms with Crippen molar-refractivity contribution in [3.8, 4) is 0 Å². The predicted octanol–water partition coefficient (Wildman–Crippen LogP) is 3.73. The fourth-order valence-corrected chi connectivity index (χ4v) is 3.50. The van der Waals surface area contributed by atoms with Crippen LogP contribution in [-0.4, -0.2) is 26.5 Å². The van der Waals surface area contributed by atoms with Gasteiger partial charge in [-0.2, -0.15) is 13.9 Å². The number of aliphatic hydroxyl groups excluding tert-OH is 1. The maximum Gasteiger partial charge on any atom is 0.288 e. The number of benzene rings is 1. The van der Waals surface area contributed by atoms with Gasteiger partial charge in [0.25, 0.3) is 11.6 Å². The van der Waals surface area contributed by atoms with E-state index in [-0.39, 0.29) is 17.2 Å². The number of amides is 1. The number of aliphatic hydroxyl groups is 1. The molecular formula is C18H23F2N4O2P. The standard InChI is InChI=1S/C18H23F2N4O2P/c19-18(20,27)15(25)11-6-8-12(9-7-11)22-17-14(16(21)26)10-24(23-17)13-4-2-1-3-5-13/h6-10,13,15,25H,1-5,27H2,(H2,21,26)(H,22,23). The molecule has 0 spiro atoms. The van der Waals surface area contributed by atoms with Crippen molar-refractivity contribution in [1.82, 2.24) is 9.78 Å². The fourth-order valence-electron chi connectivity index (χ4n) is 3.30. The summed E-state index contributed by atoms with van der Waals surface area (Å²) in [6.07, 6.45) is 5.23. The van der Waals surface area contributed by atoms with Gasteiger partial charge in [0.05, 0.1) is 6.04 Å². The molecule has 1 saturated carbocycles. The Kier molecular flexibility index (Phi) is 5.77. The van der Waals surface area contributed by atoms with Gasteiger partial charge < -0.3 is 16.2 Å². The Balaban J connectivity index is 1.80. The number of nitrogens with one attached hydrogen (secondary N) is 1. The second-order valence-corrected chi connectivity index (χ2v) is 7.62. The molecule has 1 amide bonds. The molecule has 0 saturated heterocycles. The Morgan fingerprint density at radius 2 is 1.93 bits per heavy atom. The molecule has 1 aliphatic rings. The summed E-state index contributed by atoms with van der Waals surface area (Å²) in [5.74, 6) is -0.257. The summed E-state index contributed by atoms with van der Waals surface area (Å²) >= 11 is 0. The van der Waals surface area contributed by atoms with Gasteiger partial charge in [-0.3, -0.25) is 9.48 Å². The Morgan fingerprint density at radius 3 is 2.48 bits per heavy atom. The first-order chi connectivity index (χ1) is 12.8. The minimum atomic E-state index is -3.31. The van der Waals surface area contributed by atoms with Crippen LogP contribution >= 0.6 is 9.24 Å². The molecule has 2 unspecified atom stereocenters. The predicted molar refractivity (Wildman–Crippen MR) is 102 cm³/mol. The highest BCUT2D eigenvalue weighted by atomic mass is 31.0. The lowest BCUT2D eigenvalue weighted by Gasteiger charge is -2.21. The highest BCUT2D eigenvalue weighted by molar-refractivity contribution is 7.18. The first-order valence-electron chi connectivity index (χ1n) is 8.86. The van der Waals surface area contributed by atoms with Gasteiger partial charge in [0, 0.05) is 11.9 Å². The van der Waals surface area contributed by atoms with Crippen LogP contribution in [0.25, 0.3) is 0 Å². The van der Waals surface area contributed by atoms with Crippen LogP contribution in [0.3, 0.4) is 0 Å². The minimum Gasteiger partial charge on any atom is -0.382 e. The molecule has 1 aliphatic carbocycles. The molecule has 1 fully saturated rings. The van der Waals surface area contributed by atoms with E-state index in [0.29, 0.717) is 11.5 Å². The first kappa shape index (κ1) is 19.7. The molecule has 2 aromatic rings. The highest BCUT2D eigenvalue weighted by Crippen LogP contribution is 2.37. The van der Waals surface area contributed by atoms with E-state index in [0.717, 1.165) is 25.7 Å². The maximum atomic E-state index is 13.2. The van der Waals surface area contributed by atoms with Crippen molar-refractivity contribution < 1.29 is 18.7 Å². The van der Waals surface area contributed by atoms with Crippen molar-refractivity contribution >= 4 is 26.7 Å². The Bertz CT molecular complexity index is 799. The lowest BCUT2D eigenvalue weighted by Crippen LogP contribution is -2.18. The van der Waals surface area contributed by atoms with Crippen molar-refractivity contribution in [2.24, 2.45) is 5.73 Å². The number of nitrogens with zero attached hydrogens (tertiary/aromatic N) is 2. The van der Waals surface area contributed by atoms with Crippen LogP contribution in [0.1, 0.15) is 60.2 Å². The van der Waals surface area contributed by atoms with Crippen molar-refractivity contribution in [1.29, 1.82) is 0 Å². The molecule has 4 N–H and O–H groups in total. The number of hydrogen-bond donors (Lipinski definition) is 3. The number of alkyl halides is 2. The molecule has 6 nitrogen and oxygen atoms in total. The highest BCUT2D eigenvalue weighted by Gasteiger charge is 2.33. The molecule has 1 heterocycles. The summed E-state index contributed by atoms with van der Waals surface area (Å²) in [5.41, 5.74) is 3.07. The quantitative estimate of drug-likeness (QED) is 0.649. The van der Waals surface area contributed by atoms with Gasteiger partial charge in [0.1, 0.15) is 11.7 Å². The summed E-state index contributed by atoms with van der Waals surface area (Å²) in [6.45, 7) is 0. The van der Waals surface area contributed by atoms with E-state index in [4.69, 9.17) is 5.73 Å². The zero-order valence-electron chi connectivity index (χ0n) is 14.7. The third kappa shape index (κ3) is 4.62. The lowest BCUT2D eigenvalue weighted by molar-refractivity contribution is -0.0365. The fraction of sp³-hybridized carbons (Fsp3) is 0.444. The minimum absolute atomic E-state index is 0.0865. The number of carbonyl (C=O) groups excluding carboxylic acids is 1. The summed E-state index contributed by atoms with van der Waals surface area (Å²) < 4.78 is 28.2. The second kappa shape index (κ2) is 7.90. The Morgan fingerprint density at radius 1 is 1.30 bits per heavy atom. The molecule has 0 radical (unpaired) electrons. The van der Waals surface area contributed by atoms with Crippen LogP contribution in [0.15, 0.2) is 30.5 Å². The molecule has 1 aromatic carbocycles. The Hall–Kier alpha value is -2.05. The molecule has 0 bridgehead atoms. The largest absolute Gasteiger partial charge is 0.382 e. The molecule has 0 aliphatic heterocycles. The molecule has 27 heavy (non-hydrogen) atoms. The third-order valence-electron chi connectivity index (χ3n) is 4.80. The molecular weight excluding hydrogens is 373 g/mol. The van der Waals surface area contributed by atoms with Gasteiger partial charge in [-0.15, -0.1) is 0 Å². The Labute approximate surface area is 158 Å². The molecule has 9 heteroatoms. The smallest absolute Gasteiger partial charge is 0.288 e. The van der Waals surface area contributed by atoms with Crippen LogP contribution in [0.4, 0.5) is 20.3 Å². The number of rotatable bonds is 6. The monoisotopic (exact) mass is 396 g/mol. The number of halogens is 2. The van der Waals surface area contributed by atoms with Crippen LogP contribution < -0.4 is 11.1 Å². The third-order valence-corrected chi connectivity index (χ3v) is 5.12. The summed E-state index contributed by atoms with van der Waals surface area (Å²) in [6, 6.07) is 6.12. The first-order valence-corrected chi connectivity index (χ1v) is 9.44. The van der Waals surface area contributed by atoms with Crippen LogP contribution in [0.2, 0.25) is 0 Å². The number of nitrogens with two attached hydrogens (primary N) is 1. The van der Waals surface area contributed by atoms with E-state index >= 15 is 0 Å². The topological polar surface area (TPSA) is 93.2 Å². The van der Waals surface area contributed by atoms with E-state index in [1.54, 1.807) is 23.0 Å². The zero-order valence-corrected chi connectivity index (χ0v) is 15.9. The van der Waals surface area contributed by atoms with E-state index in [2.05, 4.69) is 10.4 Å². The van der Waals surface area contributed by atoms with Crippen molar-refractivity contribution in [3.05, 3.63) is 41.6 Å². The zero-order chi connectivity index (χ0) is 19.6. The van der Waals surface area contributed by atoms with Crippen molar-refractivity contribution in [2.75, 3.05) is 5.32 Å². The van der Waals surface area contributed by atoms with E-state index in [1.165, 1.54) is 27.8 Å². The van der Waals surface area contributed by atoms with Crippen LogP contribution in [-0.2, 0) is 0 Å². The van der Waals surface area contributed by atoms with E-state index < -0.39 is 17.7 Å². The van der Waals surface area contributed by atoms with Gasteiger partial charge >= 0.3 is 0 Å². The second-order valence-electron chi connectivity index (χ2n) is 6.85. The van der Waals surface area contributed by atoms with E-state index in [1.807, 2.05) is 0 Å². The molecule has 146 valence electrons. The van der Waals surface area contributed by atoms with E-state index in [9.17, 15) is 18.7 Å². The van der Waals surface area contributed by atoms with Crippen molar-refractivity contribution in [2.45, 2.75) is 49.9 Å². The number of primary amides is 1. The average Bonchev–Trinajstić information content (AvgIpc) is 3.06. The summed E-state index contributed by atoms with van der Waals surface area (Å²) in [5, 5.41) is 17.1. The average molecular weight is 396 g/mol. The van der Waals surface area contributed by atoms with Gasteiger partial charge in [0.2, 0.25) is 0 Å². The maximum absolute atomic E-state index is 13.2. The SMILES string of the molecule is NC(=O)c1cn(C2CCCCC2)nc1Nc1ccc(C(O)C(F)(F)P)cc1. The number of aromatic nitrogens is 2. The molecule has 1 aromatic heterocycles. The van der Waals surface area contributed by atoms with Crippen LogP contribution in [0, 0.1) is 0 Å². The number of carbonyl (C=O) groups is 1. The summed E-state index contributed by atoms with van der Waals surface area (Å²) in [7, 11) is 1.33. The van der Waals surface area contributed by atoms with Crippen LogP contribution in [0.5, 0.6) is 0 Å². The number of hydrogen-bond acceptors (Lipinski definition) is 4. The van der Waals surface area contributed by atoms with Crippen molar-refractivity contribution in [3.63, 3.8) is 0 Å². The lowest BCUT2D eigenvalue weighted by atomic mass is 9.96. The van der Waals surface area contributed by atoms with Gasteiger partial charge in [0.15, 0.2) is 5.82 Å². The normalized spacial score (nSPS) is 16.9. The van der Waals surface area contributed by atoms with Gasteiger partial charge in [-0.05, 0) is 30.5 Å².